The molecule has 8 aromatic carbocycles. The Morgan fingerprint density at radius 3 is 1.62 bits per heavy atom. The second-order valence-corrected chi connectivity index (χ2v) is 15.1. The fourth-order valence-corrected chi connectivity index (χ4v) is 10.1. The first-order valence-corrected chi connectivity index (χ1v) is 18.9. The zero-order valence-electron chi connectivity index (χ0n) is 28.7. The van der Waals surface area contributed by atoms with E-state index in [1.165, 1.54) is 38.9 Å². The minimum Gasteiger partial charge on any atom is -0.310 e. The Morgan fingerprint density at radius 1 is 0.396 bits per heavy atom. The van der Waals surface area contributed by atoms with Gasteiger partial charge in [0.05, 0.1) is 16.8 Å². The number of fused-ring (bicyclic) bond motifs is 11. The van der Waals surface area contributed by atoms with E-state index >= 15 is 0 Å². The Kier molecular flexibility index (Phi) is 6.52. The average molecular weight is 694 g/mol. The number of hydrogen-bond donors (Lipinski definition) is 0. The van der Waals surface area contributed by atoms with Crippen molar-refractivity contribution in [2.45, 2.75) is 5.41 Å². The van der Waals surface area contributed by atoms with Crippen LogP contribution in [-0.4, -0.2) is 0 Å². The topological polar surface area (TPSA) is 20.3 Å². The van der Waals surface area contributed by atoms with E-state index in [2.05, 4.69) is 175 Å². The van der Waals surface area contributed by atoms with Crippen molar-refractivity contribution in [3.05, 3.63) is 221 Å². The van der Waals surface area contributed by atoms with Crippen LogP contribution in [0, 0.1) is 0 Å². The van der Waals surface area contributed by atoms with E-state index < -0.39 is 5.41 Å². The first-order chi connectivity index (χ1) is 26.2. The van der Waals surface area contributed by atoms with E-state index in [0.29, 0.717) is 0 Å². The Balaban J connectivity index is 1.30. The standard InChI is InChI=1S/C50H31NOS/c52-49-38-21-11-13-23-47(38)53-48-31-44-39(30-40(48)49)37-20-10-12-22-41(37)50(44)42-26-24-34(32-14-4-1-5-15-32)28-45(42)51(36-18-8-3-9-19-36)46-29-35(25-27-43(46)50)33-16-6-2-7-17-33/h1-31H. The molecular weight excluding hydrogens is 663 g/mol. The molecule has 0 saturated carbocycles. The van der Waals surface area contributed by atoms with Gasteiger partial charge in [-0.25, -0.2) is 0 Å². The summed E-state index contributed by atoms with van der Waals surface area (Å²) in [6.07, 6.45) is 0. The van der Waals surface area contributed by atoms with Crippen molar-refractivity contribution < 1.29 is 0 Å². The second-order valence-electron chi connectivity index (χ2n) is 14.0. The van der Waals surface area contributed by atoms with Crippen LogP contribution in [0.2, 0.25) is 0 Å². The molecule has 9 aromatic rings. The molecular formula is C50H31NOS. The summed E-state index contributed by atoms with van der Waals surface area (Å²) in [7, 11) is 0. The number of anilines is 3. The summed E-state index contributed by atoms with van der Waals surface area (Å²) in [5.74, 6) is 0. The van der Waals surface area contributed by atoms with Crippen molar-refractivity contribution >= 4 is 48.6 Å². The third kappa shape index (κ3) is 4.29. The van der Waals surface area contributed by atoms with Crippen molar-refractivity contribution in [1.82, 2.24) is 0 Å². The van der Waals surface area contributed by atoms with Gasteiger partial charge < -0.3 is 4.90 Å². The van der Waals surface area contributed by atoms with E-state index in [-0.39, 0.29) is 5.43 Å². The fourth-order valence-electron chi connectivity index (χ4n) is 8.97. The van der Waals surface area contributed by atoms with Crippen LogP contribution in [0.15, 0.2) is 193 Å². The van der Waals surface area contributed by atoms with Gasteiger partial charge in [-0.3, -0.25) is 4.79 Å². The summed E-state index contributed by atoms with van der Waals surface area (Å²) < 4.78 is 2.02. The lowest BCUT2D eigenvalue weighted by atomic mass is 9.64. The minimum atomic E-state index is -0.637. The van der Waals surface area contributed by atoms with Crippen molar-refractivity contribution in [2.24, 2.45) is 0 Å². The lowest BCUT2D eigenvalue weighted by Gasteiger charge is -2.45. The van der Waals surface area contributed by atoms with Crippen LogP contribution in [0.25, 0.3) is 53.6 Å². The molecule has 1 aliphatic heterocycles. The molecule has 0 atom stereocenters. The second kappa shape index (κ2) is 11.5. The van der Waals surface area contributed by atoms with Gasteiger partial charge >= 0.3 is 0 Å². The van der Waals surface area contributed by atoms with Gasteiger partial charge in [-0.1, -0.05) is 140 Å². The van der Waals surface area contributed by atoms with E-state index in [4.69, 9.17) is 0 Å². The molecule has 2 heterocycles. The summed E-state index contributed by atoms with van der Waals surface area (Å²) in [6, 6.07) is 67.5. The highest BCUT2D eigenvalue weighted by Crippen LogP contribution is 2.64. The maximum atomic E-state index is 14.1. The van der Waals surface area contributed by atoms with Crippen molar-refractivity contribution in [3.8, 4) is 33.4 Å². The Labute approximate surface area is 311 Å². The van der Waals surface area contributed by atoms with E-state index in [0.717, 1.165) is 53.9 Å². The van der Waals surface area contributed by atoms with Crippen LogP contribution >= 0.6 is 11.3 Å². The molecule has 0 saturated heterocycles. The lowest BCUT2D eigenvalue weighted by molar-refractivity contribution is 0.754. The summed E-state index contributed by atoms with van der Waals surface area (Å²) in [4.78, 5) is 16.6. The first-order valence-electron chi connectivity index (χ1n) is 18.1. The van der Waals surface area contributed by atoms with Crippen molar-refractivity contribution in [3.63, 3.8) is 0 Å². The molecule has 1 aromatic heterocycles. The van der Waals surface area contributed by atoms with E-state index in [9.17, 15) is 4.79 Å². The summed E-state index contributed by atoms with van der Waals surface area (Å²) in [5.41, 5.74) is 14.7. The van der Waals surface area contributed by atoms with Crippen LogP contribution in [0.5, 0.6) is 0 Å². The predicted molar refractivity (Wildman–Crippen MR) is 222 cm³/mol. The van der Waals surface area contributed by atoms with Crippen molar-refractivity contribution in [1.29, 1.82) is 0 Å². The molecule has 2 aliphatic rings. The van der Waals surface area contributed by atoms with E-state index in [1.807, 2.05) is 18.2 Å². The molecule has 248 valence electrons. The van der Waals surface area contributed by atoms with Gasteiger partial charge in [0.25, 0.3) is 0 Å². The number of para-hydroxylation sites is 1. The smallest absolute Gasteiger partial charge is 0.195 e. The molecule has 2 nitrogen and oxygen atoms in total. The normalized spacial score (nSPS) is 13.5. The van der Waals surface area contributed by atoms with Gasteiger partial charge in [0.2, 0.25) is 0 Å². The molecule has 1 aliphatic carbocycles. The Morgan fingerprint density at radius 2 is 0.962 bits per heavy atom. The Bertz CT molecular complexity index is 2880. The van der Waals surface area contributed by atoms with Gasteiger partial charge in [-0.2, -0.15) is 0 Å². The zero-order chi connectivity index (χ0) is 35.1. The quantitative estimate of drug-likeness (QED) is 0.172. The molecule has 53 heavy (non-hydrogen) atoms. The Hall–Kier alpha value is -6.55. The van der Waals surface area contributed by atoms with Crippen LogP contribution in [0.3, 0.4) is 0 Å². The summed E-state index contributed by atoms with van der Waals surface area (Å²) in [5, 5.41) is 1.56. The molecule has 11 rings (SSSR count). The van der Waals surface area contributed by atoms with Gasteiger partial charge in [-0.15, -0.1) is 11.3 Å². The number of benzene rings is 8. The highest BCUT2D eigenvalue weighted by Gasteiger charge is 2.52. The van der Waals surface area contributed by atoms with Crippen LogP contribution in [0.1, 0.15) is 22.3 Å². The summed E-state index contributed by atoms with van der Waals surface area (Å²) >= 11 is 1.71. The number of nitrogens with zero attached hydrogens (tertiary/aromatic N) is 1. The zero-order valence-corrected chi connectivity index (χ0v) is 29.5. The van der Waals surface area contributed by atoms with Gasteiger partial charge in [0, 0.05) is 25.9 Å². The SMILES string of the molecule is O=c1c2ccccc2sc2cc3c(cc12)-c1ccccc1C31c2ccc(-c3ccccc3)cc2N(c2ccccc2)c2cc(-c3ccccc3)ccc21. The highest BCUT2D eigenvalue weighted by molar-refractivity contribution is 7.24. The summed E-state index contributed by atoms with van der Waals surface area (Å²) in [6.45, 7) is 0. The number of rotatable bonds is 3. The third-order valence-electron chi connectivity index (χ3n) is 11.3. The van der Waals surface area contributed by atoms with Gasteiger partial charge in [0.15, 0.2) is 5.43 Å². The minimum absolute atomic E-state index is 0.0929. The average Bonchev–Trinajstić information content (AvgIpc) is 3.50. The molecule has 3 heteroatoms. The third-order valence-corrected chi connectivity index (χ3v) is 12.4. The molecule has 0 bridgehead atoms. The monoisotopic (exact) mass is 693 g/mol. The maximum absolute atomic E-state index is 14.1. The largest absolute Gasteiger partial charge is 0.310 e. The molecule has 0 fully saturated rings. The predicted octanol–water partition coefficient (Wildman–Crippen LogP) is 12.9. The molecule has 0 N–H and O–H groups in total. The van der Waals surface area contributed by atoms with Gasteiger partial charge in [0.1, 0.15) is 0 Å². The highest BCUT2D eigenvalue weighted by atomic mass is 32.1. The molecule has 0 radical (unpaired) electrons. The maximum Gasteiger partial charge on any atom is 0.195 e. The lowest BCUT2D eigenvalue weighted by Crippen LogP contribution is -2.36. The molecule has 0 unspecified atom stereocenters. The fraction of sp³-hybridized carbons (Fsp3) is 0.0200. The molecule has 1 spiro atoms. The number of hydrogen-bond acceptors (Lipinski definition) is 3. The van der Waals surface area contributed by atoms with Gasteiger partial charge in [-0.05, 0) is 104 Å². The van der Waals surface area contributed by atoms with Crippen LogP contribution < -0.4 is 10.3 Å². The van der Waals surface area contributed by atoms with Crippen LogP contribution in [0.4, 0.5) is 17.1 Å². The van der Waals surface area contributed by atoms with E-state index in [1.54, 1.807) is 11.3 Å². The van der Waals surface area contributed by atoms with Crippen molar-refractivity contribution in [2.75, 3.05) is 4.90 Å². The van der Waals surface area contributed by atoms with Crippen LogP contribution in [-0.2, 0) is 5.41 Å². The first kappa shape index (κ1) is 30.1. The molecule has 0 amide bonds.